The van der Waals surface area contributed by atoms with Gasteiger partial charge in [0.25, 0.3) is 0 Å². The van der Waals surface area contributed by atoms with Crippen LogP contribution in [0.3, 0.4) is 0 Å². The molecular weight excluding hydrogens is 490 g/mol. The second kappa shape index (κ2) is 11.7. The normalized spacial score (nSPS) is 16.0. The lowest BCUT2D eigenvalue weighted by Crippen LogP contribution is -2.46. The zero-order valence-corrected chi connectivity index (χ0v) is 21.7. The first-order valence-electron chi connectivity index (χ1n) is 12.5. The lowest BCUT2D eigenvalue weighted by Gasteiger charge is -2.29. The molecule has 2 aliphatic heterocycles. The van der Waals surface area contributed by atoms with Crippen LogP contribution in [0, 0.1) is 6.92 Å². The molecule has 1 fully saturated rings. The number of fused-ring (bicyclic) bond motifs is 1. The van der Waals surface area contributed by atoms with Crippen LogP contribution in [0.5, 0.6) is 11.5 Å². The summed E-state index contributed by atoms with van der Waals surface area (Å²) in [6.45, 7) is 4.09. The molecule has 8 nitrogen and oxygen atoms in total. The molecule has 2 aromatic carbocycles. The first-order valence-corrected chi connectivity index (χ1v) is 13.3. The van der Waals surface area contributed by atoms with E-state index in [0.717, 1.165) is 28.8 Å². The molecule has 3 amide bonds. The minimum absolute atomic E-state index is 0.0481. The molecule has 0 radical (unpaired) electrons. The SMILES string of the molecule is Cc1ccsc1CN(Cc1ccc2c(c1)OCO2)C(=O)CN(C[C@@H]1CCCO1)C(=O)Nc1ccccc1. The minimum atomic E-state index is -0.314. The van der Waals surface area contributed by atoms with Crippen molar-refractivity contribution in [1.29, 1.82) is 0 Å². The van der Waals surface area contributed by atoms with E-state index in [1.54, 1.807) is 21.1 Å². The van der Waals surface area contributed by atoms with E-state index in [2.05, 4.69) is 11.4 Å². The summed E-state index contributed by atoms with van der Waals surface area (Å²) in [6, 6.07) is 16.7. The smallest absolute Gasteiger partial charge is 0.322 e. The van der Waals surface area contributed by atoms with Crippen molar-refractivity contribution in [3.05, 3.63) is 76.0 Å². The number of aryl methyl sites for hydroxylation is 1. The third-order valence-electron chi connectivity index (χ3n) is 6.55. The van der Waals surface area contributed by atoms with Crippen molar-refractivity contribution in [3.8, 4) is 11.5 Å². The van der Waals surface area contributed by atoms with Crippen LogP contribution in [0.4, 0.5) is 10.5 Å². The number of rotatable bonds is 9. The van der Waals surface area contributed by atoms with Crippen molar-refractivity contribution in [3.63, 3.8) is 0 Å². The average molecular weight is 522 g/mol. The van der Waals surface area contributed by atoms with Crippen LogP contribution < -0.4 is 14.8 Å². The standard InChI is InChI=1S/C28H31N3O5S/c1-20-11-13-37-26(20)17-30(15-21-9-10-24-25(14-21)36-19-35-24)27(32)18-31(16-23-8-5-12-34-23)28(33)29-22-6-3-2-4-7-22/h2-4,6-7,9-11,13-14,23H,5,8,12,15-19H2,1H3,(H,29,33)/t23-/m0/s1. The van der Waals surface area contributed by atoms with Gasteiger partial charge in [-0.15, -0.1) is 11.3 Å². The van der Waals surface area contributed by atoms with Gasteiger partial charge in [-0.25, -0.2) is 4.79 Å². The Hall–Kier alpha value is -3.56. The molecular formula is C28H31N3O5S. The van der Waals surface area contributed by atoms with Gasteiger partial charge in [0, 0.05) is 30.3 Å². The molecule has 194 valence electrons. The monoisotopic (exact) mass is 521 g/mol. The second-order valence-corrected chi connectivity index (χ2v) is 10.3. The Balaban J connectivity index is 1.34. The molecule has 1 saturated heterocycles. The summed E-state index contributed by atoms with van der Waals surface area (Å²) in [5, 5.41) is 4.96. The van der Waals surface area contributed by atoms with E-state index in [9.17, 15) is 9.59 Å². The maximum atomic E-state index is 13.8. The first-order chi connectivity index (χ1) is 18.0. The van der Waals surface area contributed by atoms with Gasteiger partial charge in [-0.3, -0.25) is 4.79 Å². The summed E-state index contributed by atoms with van der Waals surface area (Å²) in [4.78, 5) is 31.5. The summed E-state index contributed by atoms with van der Waals surface area (Å²) in [5.74, 6) is 1.25. The van der Waals surface area contributed by atoms with Crippen LogP contribution in [0.2, 0.25) is 0 Å². The number of carbonyl (C=O) groups is 2. The molecule has 1 aromatic heterocycles. The molecule has 3 heterocycles. The Kier molecular flexibility index (Phi) is 7.91. The van der Waals surface area contributed by atoms with Crippen molar-refractivity contribution in [2.24, 2.45) is 0 Å². The summed E-state index contributed by atoms with van der Waals surface area (Å²) in [6.07, 6.45) is 1.76. The lowest BCUT2D eigenvalue weighted by atomic mass is 10.1. The number of benzene rings is 2. The van der Waals surface area contributed by atoms with Crippen molar-refractivity contribution in [1.82, 2.24) is 9.80 Å². The highest BCUT2D eigenvalue weighted by molar-refractivity contribution is 7.10. The molecule has 37 heavy (non-hydrogen) atoms. The van der Waals surface area contributed by atoms with E-state index in [1.165, 1.54) is 0 Å². The Morgan fingerprint density at radius 1 is 1.03 bits per heavy atom. The zero-order chi connectivity index (χ0) is 25.6. The van der Waals surface area contributed by atoms with Gasteiger partial charge >= 0.3 is 6.03 Å². The number of nitrogens with one attached hydrogen (secondary N) is 1. The number of hydrogen-bond acceptors (Lipinski definition) is 6. The Morgan fingerprint density at radius 3 is 2.62 bits per heavy atom. The van der Waals surface area contributed by atoms with Crippen LogP contribution >= 0.6 is 11.3 Å². The molecule has 3 aromatic rings. The largest absolute Gasteiger partial charge is 0.454 e. The van der Waals surface area contributed by atoms with Crippen LogP contribution in [0.15, 0.2) is 60.0 Å². The van der Waals surface area contributed by atoms with Crippen molar-refractivity contribution in [2.75, 3.05) is 31.8 Å². The Bertz CT molecular complexity index is 1230. The maximum absolute atomic E-state index is 13.8. The second-order valence-electron chi connectivity index (χ2n) is 9.28. The molecule has 0 unspecified atom stereocenters. The molecule has 1 atom stereocenters. The molecule has 2 aliphatic rings. The summed E-state index contributed by atoms with van der Waals surface area (Å²) in [5.41, 5.74) is 2.77. The van der Waals surface area contributed by atoms with Crippen LogP contribution in [0.1, 0.15) is 28.8 Å². The minimum Gasteiger partial charge on any atom is -0.454 e. The van der Waals surface area contributed by atoms with Crippen molar-refractivity contribution < 1.29 is 23.8 Å². The van der Waals surface area contributed by atoms with Gasteiger partial charge in [0.15, 0.2) is 11.5 Å². The predicted octanol–water partition coefficient (Wildman–Crippen LogP) is 5.03. The van der Waals surface area contributed by atoms with E-state index >= 15 is 0 Å². The number of nitrogens with zero attached hydrogens (tertiary/aromatic N) is 2. The maximum Gasteiger partial charge on any atom is 0.322 e. The fourth-order valence-corrected chi connectivity index (χ4v) is 5.39. The van der Waals surface area contributed by atoms with Crippen LogP contribution in [-0.4, -0.2) is 54.3 Å². The van der Waals surface area contributed by atoms with Crippen molar-refractivity contribution in [2.45, 2.75) is 39.0 Å². The molecule has 0 aliphatic carbocycles. The highest BCUT2D eigenvalue weighted by atomic mass is 32.1. The summed E-state index contributed by atoms with van der Waals surface area (Å²) in [7, 11) is 0. The highest BCUT2D eigenvalue weighted by Gasteiger charge is 2.27. The molecule has 1 N–H and O–H groups in total. The molecule has 0 saturated carbocycles. The molecule has 0 spiro atoms. The van der Waals surface area contributed by atoms with Gasteiger partial charge in [-0.2, -0.15) is 0 Å². The van der Waals surface area contributed by atoms with E-state index in [0.29, 0.717) is 43.4 Å². The van der Waals surface area contributed by atoms with Gasteiger partial charge < -0.3 is 29.3 Å². The van der Waals surface area contributed by atoms with Crippen LogP contribution in [0.25, 0.3) is 0 Å². The van der Waals surface area contributed by atoms with Gasteiger partial charge in [-0.1, -0.05) is 24.3 Å². The van der Waals surface area contributed by atoms with E-state index in [1.807, 2.05) is 60.8 Å². The number of carbonyl (C=O) groups excluding carboxylic acids is 2. The highest BCUT2D eigenvalue weighted by Crippen LogP contribution is 2.33. The fourth-order valence-electron chi connectivity index (χ4n) is 4.47. The molecule has 0 bridgehead atoms. The van der Waals surface area contributed by atoms with E-state index in [4.69, 9.17) is 14.2 Å². The zero-order valence-electron chi connectivity index (χ0n) is 20.9. The number of hydrogen-bond donors (Lipinski definition) is 1. The van der Waals surface area contributed by atoms with Gasteiger partial charge in [0.1, 0.15) is 6.54 Å². The number of ether oxygens (including phenoxy) is 3. The Morgan fingerprint density at radius 2 is 1.86 bits per heavy atom. The van der Waals surface area contributed by atoms with Crippen molar-refractivity contribution >= 4 is 29.0 Å². The number of para-hydroxylation sites is 1. The number of amides is 3. The lowest BCUT2D eigenvalue weighted by molar-refractivity contribution is -0.133. The summed E-state index contributed by atoms with van der Waals surface area (Å²) >= 11 is 1.63. The molecule has 5 rings (SSSR count). The molecule has 9 heteroatoms. The van der Waals surface area contributed by atoms with E-state index in [-0.39, 0.29) is 31.4 Å². The van der Waals surface area contributed by atoms with Gasteiger partial charge in [0.2, 0.25) is 12.7 Å². The first kappa shape index (κ1) is 25.1. The number of anilines is 1. The topological polar surface area (TPSA) is 80.3 Å². The van der Waals surface area contributed by atoms with Crippen LogP contribution in [-0.2, 0) is 22.6 Å². The average Bonchev–Trinajstić information content (AvgIpc) is 3.67. The third kappa shape index (κ3) is 6.42. The van der Waals surface area contributed by atoms with Gasteiger partial charge in [0.05, 0.1) is 12.6 Å². The Labute approximate surface area is 220 Å². The quantitative estimate of drug-likeness (QED) is 0.427. The predicted molar refractivity (Wildman–Crippen MR) is 142 cm³/mol. The van der Waals surface area contributed by atoms with Gasteiger partial charge in [-0.05, 0) is 66.6 Å². The third-order valence-corrected chi connectivity index (χ3v) is 7.56. The summed E-state index contributed by atoms with van der Waals surface area (Å²) < 4.78 is 16.8. The fraction of sp³-hybridized carbons (Fsp3) is 0.357. The number of urea groups is 1. The number of thiophene rings is 1. The van der Waals surface area contributed by atoms with E-state index < -0.39 is 0 Å².